The molecule has 25 heavy (non-hydrogen) atoms. The second-order valence-corrected chi connectivity index (χ2v) is 9.01. The molecule has 2 aromatic carbocycles. The molecule has 0 spiro atoms. The minimum absolute atomic E-state index is 0.101. The Kier molecular flexibility index (Phi) is 6.14. The third-order valence-corrected chi connectivity index (χ3v) is 5.34. The molecule has 0 bridgehead atoms. The van der Waals surface area contributed by atoms with Gasteiger partial charge in [-0.05, 0) is 42.3 Å². The fourth-order valence-corrected chi connectivity index (χ4v) is 3.88. The fourth-order valence-electron chi connectivity index (χ4n) is 2.53. The van der Waals surface area contributed by atoms with Gasteiger partial charge in [-0.25, -0.2) is 8.42 Å². The van der Waals surface area contributed by atoms with Crippen LogP contribution in [0.25, 0.3) is 0 Å². The van der Waals surface area contributed by atoms with Gasteiger partial charge < -0.3 is 4.90 Å². The van der Waals surface area contributed by atoms with Crippen molar-refractivity contribution in [3.05, 3.63) is 69.2 Å². The summed E-state index contributed by atoms with van der Waals surface area (Å²) in [5, 5.41) is 1.02. The van der Waals surface area contributed by atoms with Crippen molar-refractivity contribution in [3.63, 3.8) is 0 Å². The number of amides is 1. The average Bonchev–Trinajstić information content (AvgIpc) is 2.51. The van der Waals surface area contributed by atoms with Crippen LogP contribution >= 0.6 is 23.2 Å². The van der Waals surface area contributed by atoms with Gasteiger partial charge in [0, 0.05) is 28.9 Å². The van der Waals surface area contributed by atoms with Crippen LogP contribution in [0.15, 0.2) is 42.5 Å². The van der Waals surface area contributed by atoms with Gasteiger partial charge in [-0.3, -0.25) is 4.79 Å². The summed E-state index contributed by atoms with van der Waals surface area (Å²) >= 11 is 12.1. The van der Waals surface area contributed by atoms with Crippen molar-refractivity contribution in [3.8, 4) is 0 Å². The maximum absolute atomic E-state index is 12.8. The Morgan fingerprint density at radius 2 is 1.84 bits per heavy atom. The Morgan fingerprint density at radius 1 is 1.16 bits per heavy atom. The van der Waals surface area contributed by atoms with Crippen LogP contribution in [0, 0.1) is 0 Å². The molecule has 0 aliphatic carbocycles. The molecule has 0 radical (unpaired) electrons. The first-order valence-corrected chi connectivity index (χ1v) is 10.4. The summed E-state index contributed by atoms with van der Waals surface area (Å²) in [6, 6.07) is 11.5. The van der Waals surface area contributed by atoms with E-state index >= 15 is 0 Å². The molecule has 0 heterocycles. The minimum atomic E-state index is -3.16. The first-order valence-electron chi connectivity index (χ1n) is 7.57. The van der Waals surface area contributed by atoms with Crippen molar-refractivity contribution in [2.75, 3.05) is 13.3 Å². The summed E-state index contributed by atoms with van der Waals surface area (Å²) in [7, 11) is -1.48. The number of rotatable bonds is 5. The van der Waals surface area contributed by atoms with E-state index < -0.39 is 9.84 Å². The number of sulfone groups is 1. The number of nitrogens with zero attached hydrogens (tertiary/aromatic N) is 1. The van der Waals surface area contributed by atoms with Gasteiger partial charge in [0.05, 0.1) is 11.8 Å². The summed E-state index contributed by atoms with van der Waals surface area (Å²) < 4.78 is 22.9. The van der Waals surface area contributed by atoms with E-state index in [0.29, 0.717) is 21.2 Å². The zero-order chi connectivity index (χ0) is 18.8. The molecule has 0 aromatic heterocycles. The second kappa shape index (κ2) is 7.77. The molecule has 2 rings (SSSR count). The first-order chi connectivity index (χ1) is 11.6. The summed E-state index contributed by atoms with van der Waals surface area (Å²) in [4.78, 5) is 14.3. The predicted molar refractivity (Wildman–Crippen MR) is 102 cm³/mol. The van der Waals surface area contributed by atoms with E-state index in [1.54, 1.807) is 54.4 Å². The number of carbonyl (C=O) groups is 1. The Hall–Kier alpha value is -1.56. The van der Waals surface area contributed by atoms with Gasteiger partial charge in [-0.1, -0.05) is 41.4 Å². The molecule has 1 unspecified atom stereocenters. The van der Waals surface area contributed by atoms with Crippen LogP contribution in [-0.2, 0) is 15.6 Å². The highest BCUT2D eigenvalue weighted by Gasteiger charge is 2.21. The van der Waals surface area contributed by atoms with Crippen LogP contribution in [-0.4, -0.2) is 32.5 Å². The second-order valence-electron chi connectivity index (χ2n) is 6.03. The lowest BCUT2D eigenvalue weighted by atomic mass is 10.1. The highest BCUT2D eigenvalue weighted by molar-refractivity contribution is 7.89. The molecule has 0 saturated heterocycles. The lowest BCUT2D eigenvalue weighted by molar-refractivity contribution is 0.0742. The van der Waals surface area contributed by atoms with Gasteiger partial charge in [0.25, 0.3) is 5.91 Å². The molecular formula is C18H19Cl2NO3S. The quantitative estimate of drug-likeness (QED) is 0.749. The highest BCUT2D eigenvalue weighted by Crippen LogP contribution is 2.29. The topological polar surface area (TPSA) is 54.5 Å². The molecule has 1 atom stereocenters. The van der Waals surface area contributed by atoms with Gasteiger partial charge in [-0.2, -0.15) is 0 Å². The zero-order valence-electron chi connectivity index (χ0n) is 14.2. The smallest absolute Gasteiger partial charge is 0.254 e. The molecule has 4 nitrogen and oxygen atoms in total. The summed E-state index contributed by atoms with van der Waals surface area (Å²) in [5.41, 5.74) is 1.80. The molecule has 2 aromatic rings. The molecule has 134 valence electrons. The lowest BCUT2D eigenvalue weighted by Crippen LogP contribution is -2.30. The SMILES string of the molecule is CC(c1ccc(Cl)cc1Cl)N(C)C(=O)c1cccc(CS(C)(=O)=O)c1. The van der Waals surface area contributed by atoms with E-state index in [1.807, 2.05) is 6.92 Å². The third-order valence-electron chi connectivity index (χ3n) is 3.92. The van der Waals surface area contributed by atoms with Crippen LogP contribution < -0.4 is 0 Å². The van der Waals surface area contributed by atoms with Crippen molar-refractivity contribution in [2.45, 2.75) is 18.7 Å². The van der Waals surface area contributed by atoms with Crippen molar-refractivity contribution in [1.82, 2.24) is 4.90 Å². The highest BCUT2D eigenvalue weighted by atomic mass is 35.5. The monoisotopic (exact) mass is 399 g/mol. The molecule has 0 saturated carbocycles. The minimum Gasteiger partial charge on any atom is -0.335 e. The number of halogens is 2. The average molecular weight is 400 g/mol. The van der Waals surface area contributed by atoms with E-state index in [1.165, 1.54) is 0 Å². The van der Waals surface area contributed by atoms with Gasteiger partial charge in [0.1, 0.15) is 0 Å². The van der Waals surface area contributed by atoms with Crippen molar-refractivity contribution < 1.29 is 13.2 Å². The molecule has 0 aliphatic heterocycles. The zero-order valence-corrected chi connectivity index (χ0v) is 16.5. The van der Waals surface area contributed by atoms with E-state index in [0.717, 1.165) is 11.8 Å². The van der Waals surface area contributed by atoms with E-state index in [4.69, 9.17) is 23.2 Å². The third kappa shape index (κ3) is 5.21. The van der Waals surface area contributed by atoms with Crippen LogP contribution in [0.2, 0.25) is 10.0 Å². The van der Waals surface area contributed by atoms with Crippen LogP contribution in [0.1, 0.15) is 34.5 Å². The number of hydrogen-bond acceptors (Lipinski definition) is 3. The standard InChI is InChI=1S/C18H19Cl2NO3S/c1-12(16-8-7-15(19)10-17(16)20)21(2)18(22)14-6-4-5-13(9-14)11-25(3,23)24/h4-10,12H,11H2,1-3H3. The number of carbonyl (C=O) groups excluding carboxylic acids is 1. The largest absolute Gasteiger partial charge is 0.335 e. The Balaban J connectivity index is 2.26. The van der Waals surface area contributed by atoms with E-state index in [2.05, 4.69) is 0 Å². The Morgan fingerprint density at radius 3 is 2.44 bits per heavy atom. The molecule has 0 aliphatic rings. The van der Waals surface area contributed by atoms with Gasteiger partial charge in [0.15, 0.2) is 9.84 Å². The van der Waals surface area contributed by atoms with Gasteiger partial charge in [0.2, 0.25) is 0 Å². The molecule has 0 fully saturated rings. The Bertz CT molecular complexity index is 897. The lowest BCUT2D eigenvalue weighted by Gasteiger charge is -2.26. The summed E-state index contributed by atoms with van der Waals surface area (Å²) in [6.07, 6.45) is 1.16. The van der Waals surface area contributed by atoms with E-state index in [9.17, 15) is 13.2 Å². The van der Waals surface area contributed by atoms with Gasteiger partial charge in [-0.15, -0.1) is 0 Å². The van der Waals surface area contributed by atoms with Crippen molar-refractivity contribution in [2.24, 2.45) is 0 Å². The van der Waals surface area contributed by atoms with Gasteiger partial charge >= 0.3 is 0 Å². The molecule has 1 amide bonds. The normalized spacial score (nSPS) is 12.7. The van der Waals surface area contributed by atoms with Crippen molar-refractivity contribution in [1.29, 1.82) is 0 Å². The first kappa shape index (κ1) is 19.8. The maximum Gasteiger partial charge on any atom is 0.254 e. The van der Waals surface area contributed by atoms with Crippen LogP contribution in [0.5, 0.6) is 0 Å². The molecule has 0 N–H and O–H groups in total. The van der Waals surface area contributed by atoms with Crippen molar-refractivity contribution >= 4 is 38.9 Å². The summed E-state index contributed by atoms with van der Waals surface area (Å²) in [5.74, 6) is -0.315. The number of hydrogen-bond donors (Lipinski definition) is 0. The van der Waals surface area contributed by atoms with Crippen LogP contribution in [0.4, 0.5) is 0 Å². The molecule has 7 heteroatoms. The predicted octanol–water partition coefficient (Wildman–Crippen LogP) is 4.37. The number of benzene rings is 2. The van der Waals surface area contributed by atoms with E-state index in [-0.39, 0.29) is 17.7 Å². The summed E-state index contributed by atoms with van der Waals surface area (Å²) in [6.45, 7) is 1.87. The van der Waals surface area contributed by atoms with Crippen LogP contribution in [0.3, 0.4) is 0 Å². The maximum atomic E-state index is 12.8. The fraction of sp³-hybridized carbons (Fsp3) is 0.278. The Labute approximate surface area is 158 Å². The molecular weight excluding hydrogens is 381 g/mol.